The van der Waals surface area contributed by atoms with Crippen molar-refractivity contribution in [3.63, 3.8) is 0 Å². The first-order valence-corrected chi connectivity index (χ1v) is 9.02. The lowest BCUT2D eigenvalue weighted by atomic mass is 10.1. The molecule has 22 heavy (non-hydrogen) atoms. The SMILES string of the molecule is Cc1cccc(N2CCN(Cc3csc(C)c3C)C[C@H]2C)c1. The topological polar surface area (TPSA) is 6.48 Å². The van der Waals surface area contributed by atoms with E-state index in [0.717, 1.165) is 26.2 Å². The second-order valence-corrected chi connectivity index (χ2v) is 7.64. The van der Waals surface area contributed by atoms with Gasteiger partial charge in [0.25, 0.3) is 0 Å². The third-order valence-electron chi connectivity index (χ3n) is 4.83. The second kappa shape index (κ2) is 6.43. The molecular weight excluding hydrogens is 288 g/mol. The van der Waals surface area contributed by atoms with Crippen molar-refractivity contribution in [2.45, 2.75) is 40.3 Å². The molecule has 2 aromatic rings. The number of rotatable bonds is 3. The summed E-state index contributed by atoms with van der Waals surface area (Å²) in [4.78, 5) is 6.61. The normalized spacial score (nSPS) is 19.6. The molecule has 1 saturated heterocycles. The van der Waals surface area contributed by atoms with Crippen molar-refractivity contribution in [2.75, 3.05) is 24.5 Å². The van der Waals surface area contributed by atoms with Crippen molar-refractivity contribution in [3.05, 3.63) is 51.2 Å². The molecule has 0 aliphatic carbocycles. The van der Waals surface area contributed by atoms with Crippen LogP contribution >= 0.6 is 11.3 Å². The lowest BCUT2D eigenvalue weighted by Crippen LogP contribution is -2.51. The fourth-order valence-electron chi connectivity index (χ4n) is 3.33. The molecule has 118 valence electrons. The van der Waals surface area contributed by atoms with Crippen LogP contribution in [-0.2, 0) is 6.54 Å². The molecule has 1 aliphatic rings. The number of nitrogens with zero attached hydrogens (tertiary/aromatic N) is 2. The van der Waals surface area contributed by atoms with Gasteiger partial charge in [0.1, 0.15) is 0 Å². The van der Waals surface area contributed by atoms with Gasteiger partial charge in [-0.2, -0.15) is 0 Å². The van der Waals surface area contributed by atoms with Crippen molar-refractivity contribution in [2.24, 2.45) is 0 Å². The molecule has 0 radical (unpaired) electrons. The van der Waals surface area contributed by atoms with Crippen LogP contribution in [0.2, 0.25) is 0 Å². The number of hydrogen-bond acceptors (Lipinski definition) is 3. The van der Waals surface area contributed by atoms with Gasteiger partial charge in [0.2, 0.25) is 0 Å². The smallest absolute Gasteiger partial charge is 0.0389 e. The third kappa shape index (κ3) is 3.21. The summed E-state index contributed by atoms with van der Waals surface area (Å²) in [5.74, 6) is 0. The number of piperazine rings is 1. The Bertz CT molecular complexity index is 647. The van der Waals surface area contributed by atoms with Crippen molar-refractivity contribution < 1.29 is 0 Å². The highest BCUT2D eigenvalue weighted by molar-refractivity contribution is 7.10. The van der Waals surface area contributed by atoms with E-state index in [1.165, 1.54) is 27.3 Å². The Labute approximate surface area is 138 Å². The van der Waals surface area contributed by atoms with Gasteiger partial charge in [-0.3, -0.25) is 4.90 Å². The zero-order valence-electron chi connectivity index (χ0n) is 14.1. The van der Waals surface area contributed by atoms with Gasteiger partial charge in [-0.1, -0.05) is 12.1 Å². The largest absolute Gasteiger partial charge is 0.366 e. The van der Waals surface area contributed by atoms with E-state index >= 15 is 0 Å². The summed E-state index contributed by atoms with van der Waals surface area (Å²) >= 11 is 1.88. The molecule has 1 fully saturated rings. The van der Waals surface area contributed by atoms with Crippen LogP contribution in [0.25, 0.3) is 0 Å². The van der Waals surface area contributed by atoms with Gasteiger partial charge in [-0.25, -0.2) is 0 Å². The van der Waals surface area contributed by atoms with E-state index in [1.807, 2.05) is 11.3 Å². The van der Waals surface area contributed by atoms with Crippen LogP contribution in [0.1, 0.15) is 28.5 Å². The highest BCUT2D eigenvalue weighted by atomic mass is 32.1. The molecule has 3 rings (SSSR count). The first-order chi connectivity index (χ1) is 10.5. The Morgan fingerprint density at radius 1 is 1.18 bits per heavy atom. The van der Waals surface area contributed by atoms with Crippen molar-refractivity contribution >= 4 is 17.0 Å². The number of aryl methyl sites for hydroxylation is 2. The summed E-state index contributed by atoms with van der Waals surface area (Å²) in [6, 6.07) is 9.45. The highest BCUT2D eigenvalue weighted by Gasteiger charge is 2.24. The Morgan fingerprint density at radius 2 is 2.00 bits per heavy atom. The number of benzene rings is 1. The van der Waals surface area contributed by atoms with E-state index in [0.29, 0.717) is 6.04 Å². The van der Waals surface area contributed by atoms with Gasteiger partial charge in [0.15, 0.2) is 0 Å². The molecule has 0 unspecified atom stereocenters. The summed E-state index contributed by atoms with van der Waals surface area (Å²) in [6.07, 6.45) is 0. The maximum absolute atomic E-state index is 2.60. The second-order valence-electron chi connectivity index (χ2n) is 6.56. The Balaban J connectivity index is 1.66. The molecule has 1 aromatic carbocycles. The van der Waals surface area contributed by atoms with Gasteiger partial charge in [0.05, 0.1) is 0 Å². The molecule has 1 atom stereocenters. The molecule has 0 N–H and O–H groups in total. The number of anilines is 1. The van der Waals surface area contributed by atoms with E-state index < -0.39 is 0 Å². The molecule has 1 aliphatic heterocycles. The molecule has 2 heterocycles. The molecule has 0 saturated carbocycles. The van der Waals surface area contributed by atoms with Crippen LogP contribution in [-0.4, -0.2) is 30.6 Å². The standard InChI is InChI=1S/C19H26N2S/c1-14-6-5-7-19(10-14)21-9-8-20(11-15(21)2)12-18-13-22-17(4)16(18)3/h5-7,10,13,15H,8-9,11-12H2,1-4H3/t15-/m1/s1. The predicted molar refractivity (Wildman–Crippen MR) is 97.1 cm³/mol. The minimum Gasteiger partial charge on any atom is -0.366 e. The fourth-order valence-corrected chi connectivity index (χ4v) is 4.20. The Kier molecular flexibility index (Phi) is 4.55. The molecule has 0 spiro atoms. The van der Waals surface area contributed by atoms with Crippen LogP contribution in [0.3, 0.4) is 0 Å². The Morgan fingerprint density at radius 3 is 2.64 bits per heavy atom. The summed E-state index contributed by atoms with van der Waals surface area (Å²) in [5, 5.41) is 2.34. The highest BCUT2D eigenvalue weighted by Crippen LogP contribution is 2.25. The van der Waals surface area contributed by atoms with Gasteiger partial charge < -0.3 is 4.90 Å². The van der Waals surface area contributed by atoms with Crippen LogP contribution in [0.4, 0.5) is 5.69 Å². The fraction of sp³-hybridized carbons (Fsp3) is 0.474. The van der Waals surface area contributed by atoms with E-state index in [4.69, 9.17) is 0 Å². The molecule has 3 heteroatoms. The summed E-state index contributed by atoms with van der Waals surface area (Å²) in [6.45, 7) is 13.5. The molecular formula is C19H26N2S. The lowest BCUT2D eigenvalue weighted by Gasteiger charge is -2.41. The minimum absolute atomic E-state index is 0.565. The molecule has 1 aromatic heterocycles. The summed E-state index contributed by atoms with van der Waals surface area (Å²) in [7, 11) is 0. The van der Waals surface area contributed by atoms with Crippen LogP contribution in [0, 0.1) is 20.8 Å². The minimum atomic E-state index is 0.565. The van der Waals surface area contributed by atoms with Crippen molar-refractivity contribution in [1.82, 2.24) is 4.90 Å². The quantitative estimate of drug-likeness (QED) is 0.829. The van der Waals surface area contributed by atoms with Crippen LogP contribution in [0.5, 0.6) is 0 Å². The average Bonchev–Trinajstić information content (AvgIpc) is 2.79. The van der Waals surface area contributed by atoms with E-state index in [9.17, 15) is 0 Å². The monoisotopic (exact) mass is 314 g/mol. The van der Waals surface area contributed by atoms with Crippen molar-refractivity contribution in [1.29, 1.82) is 0 Å². The molecule has 0 amide bonds. The van der Waals surface area contributed by atoms with Gasteiger partial charge >= 0.3 is 0 Å². The maximum Gasteiger partial charge on any atom is 0.0389 e. The summed E-state index contributed by atoms with van der Waals surface area (Å²) in [5.41, 5.74) is 5.71. The Hall–Kier alpha value is -1.32. The van der Waals surface area contributed by atoms with E-state index in [2.05, 4.69) is 67.1 Å². The van der Waals surface area contributed by atoms with E-state index in [-0.39, 0.29) is 0 Å². The third-order valence-corrected chi connectivity index (χ3v) is 5.89. The number of thiophene rings is 1. The van der Waals surface area contributed by atoms with Gasteiger partial charge in [0, 0.05) is 42.8 Å². The summed E-state index contributed by atoms with van der Waals surface area (Å²) < 4.78 is 0. The first-order valence-electron chi connectivity index (χ1n) is 8.14. The number of hydrogen-bond donors (Lipinski definition) is 0. The first kappa shape index (κ1) is 15.6. The van der Waals surface area contributed by atoms with Gasteiger partial charge in [-0.15, -0.1) is 11.3 Å². The molecule has 0 bridgehead atoms. The zero-order chi connectivity index (χ0) is 15.7. The zero-order valence-corrected chi connectivity index (χ0v) is 14.9. The van der Waals surface area contributed by atoms with Crippen LogP contribution < -0.4 is 4.90 Å². The predicted octanol–water partition coefficient (Wildman–Crippen LogP) is 4.38. The van der Waals surface area contributed by atoms with Gasteiger partial charge in [-0.05, 0) is 61.9 Å². The maximum atomic E-state index is 2.60. The molecule has 2 nitrogen and oxygen atoms in total. The van der Waals surface area contributed by atoms with E-state index in [1.54, 1.807) is 0 Å². The average molecular weight is 314 g/mol. The van der Waals surface area contributed by atoms with Crippen LogP contribution in [0.15, 0.2) is 29.6 Å². The lowest BCUT2D eigenvalue weighted by molar-refractivity contribution is 0.221. The van der Waals surface area contributed by atoms with Crippen molar-refractivity contribution in [3.8, 4) is 0 Å².